The van der Waals surface area contributed by atoms with Gasteiger partial charge in [-0.3, -0.25) is 4.79 Å². The van der Waals surface area contributed by atoms with Crippen molar-refractivity contribution in [2.75, 3.05) is 0 Å². The summed E-state index contributed by atoms with van der Waals surface area (Å²) in [7, 11) is 0. The summed E-state index contributed by atoms with van der Waals surface area (Å²) in [5.41, 5.74) is 1.54. The molecule has 2 rings (SSSR count). The average molecular weight is 310 g/mol. The summed E-state index contributed by atoms with van der Waals surface area (Å²) in [6, 6.07) is 14.8. The second kappa shape index (κ2) is 5.48. The molecule has 0 aromatic heterocycles. The van der Waals surface area contributed by atoms with Crippen LogP contribution in [0.5, 0.6) is 0 Å². The zero-order valence-electron chi connectivity index (χ0n) is 8.99. The highest BCUT2D eigenvalue weighted by Crippen LogP contribution is 2.21. The van der Waals surface area contributed by atoms with Crippen LogP contribution < -0.4 is 0 Å². The van der Waals surface area contributed by atoms with Crippen LogP contribution in [0, 0.1) is 0 Å². The highest BCUT2D eigenvalue weighted by atomic mass is 79.9. The predicted molar refractivity (Wildman–Crippen MR) is 73.6 cm³/mol. The lowest BCUT2D eigenvalue weighted by atomic mass is 10.0. The monoisotopic (exact) mass is 308 g/mol. The molecular formula is C14H10BrClO. The second-order valence-electron chi connectivity index (χ2n) is 3.67. The second-order valence-corrected chi connectivity index (χ2v) is 4.93. The normalized spacial score (nSPS) is 10.2. The van der Waals surface area contributed by atoms with E-state index in [4.69, 9.17) is 11.6 Å². The van der Waals surface area contributed by atoms with Crippen LogP contribution in [-0.4, -0.2) is 5.78 Å². The maximum atomic E-state index is 12.1. The maximum Gasteiger partial charge on any atom is 0.168 e. The smallest absolute Gasteiger partial charge is 0.168 e. The van der Waals surface area contributed by atoms with Gasteiger partial charge in [-0.05, 0) is 23.8 Å². The summed E-state index contributed by atoms with van der Waals surface area (Å²) in [5.74, 6) is 0.0301. The minimum atomic E-state index is 0.0301. The standard InChI is InChI=1S/C14H10BrClO/c15-12-7-3-1-5-10(12)9-14(17)11-6-2-4-8-13(11)16/h1-8H,9H2. The molecule has 2 aromatic carbocycles. The number of benzene rings is 2. The Kier molecular flexibility index (Phi) is 3.97. The Bertz CT molecular complexity index is 551. The summed E-state index contributed by atoms with van der Waals surface area (Å²) in [6.45, 7) is 0. The molecule has 0 fully saturated rings. The first-order valence-electron chi connectivity index (χ1n) is 5.19. The SMILES string of the molecule is O=C(Cc1ccccc1Br)c1ccccc1Cl. The summed E-state index contributed by atoms with van der Waals surface area (Å²) < 4.78 is 0.945. The summed E-state index contributed by atoms with van der Waals surface area (Å²) in [6.07, 6.45) is 0.352. The van der Waals surface area contributed by atoms with E-state index in [-0.39, 0.29) is 5.78 Å². The third-order valence-electron chi connectivity index (χ3n) is 2.48. The molecule has 2 aromatic rings. The Morgan fingerprint density at radius 2 is 1.71 bits per heavy atom. The molecule has 0 amide bonds. The van der Waals surface area contributed by atoms with Crippen molar-refractivity contribution < 1.29 is 4.79 Å². The van der Waals surface area contributed by atoms with E-state index < -0.39 is 0 Å². The van der Waals surface area contributed by atoms with Gasteiger partial charge in [0, 0.05) is 16.5 Å². The number of hydrogen-bond donors (Lipinski definition) is 0. The molecule has 0 bridgehead atoms. The van der Waals surface area contributed by atoms with Crippen molar-refractivity contribution in [2.24, 2.45) is 0 Å². The fourth-order valence-corrected chi connectivity index (χ4v) is 2.26. The molecule has 0 aliphatic carbocycles. The molecule has 86 valence electrons. The van der Waals surface area contributed by atoms with Gasteiger partial charge in [-0.1, -0.05) is 57.9 Å². The molecule has 0 radical (unpaired) electrons. The maximum absolute atomic E-state index is 12.1. The molecule has 17 heavy (non-hydrogen) atoms. The number of carbonyl (C=O) groups excluding carboxylic acids is 1. The van der Waals surface area contributed by atoms with Gasteiger partial charge in [0.1, 0.15) is 0 Å². The third-order valence-corrected chi connectivity index (χ3v) is 3.59. The minimum Gasteiger partial charge on any atom is -0.294 e. The van der Waals surface area contributed by atoms with Crippen molar-refractivity contribution in [1.82, 2.24) is 0 Å². The molecule has 0 heterocycles. The lowest BCUT2D eigenvalue weighted by molar-refractivity contribution is 0.0993. The van der Waals surface area contributed by atoms with E-state index in [9.17, 15) is 4.79 Å². The van der Waals surface area contributed by atoms with Crippen molar-refractivity contribution in [1.29, 1.82) is 0 Å². The van der Waals surface area contributed by atoms with Crippen molar-refractivity contribution in [3.8, 4) is 0 Å². The van der Waals surface area contributed by atoms with Crippen LogP contribution in [0.15, 0.2) is 53.0 Å². The topological polar surface area (TPSA) is 17.1 Å². The lowest BCUT2D eigenvalue weighted by Gasteiger charge is -2.05. The van der Waals surface area contributed by atoms with Crippen molar-refractivity contribution in [3.05, 3.63) is 69.2 Å². The first-order valence-corrected chi connectivity index (χ1v) is 6.36. The van der Waals surface area contributed by atoms with Gasteiger partial charge in [0.05, 0.1) is 5.02 Å². The predicted octanol–water partition coefficient (Wildman–Crippen LogP) is 4.53. The van der Waals surface area contributed by atoms with Gasteiger partial charge in [-0.15, -0.1) is 0 Å². The summed E-state index contributed by atoms with van der Waals surface area (Å²) in [5, 5.41) is 0.504. The molecule has 3 heteroatoms. The summed E-state index contributed by atoms with van der Waals surface area (Å²) in [4.78, 5) is 12.1. The van der Waals surface area contributed by atoms with E-state index >= 15 is 0 Å². The molecular weight excluding hydrogens is 300 g/mol. The highest BCUT2D eigenvalue weighted by molar-refractivity contribution is 9.10. The zero-order valence-corrected chi connectivity index (χ0v) is 11.3. The average Bonchev–Trinajstić information content (AvgIpc) is 2.32. The van der Waals surface area contributed by atoms with Gasteiger partial charge < -0.3 is 0 Å². The van der Waals surface area contributed by atoms with E-state index in [0.29, 0.717) is 17.0 Å². The molecule has 0 saturated carbocycles. The molecule has 0 aliphatic rings. The Morgan fingerprint density at radius 1 is 1.06 bits per heavy atom. The van der Waals surface area contributed by atoms with Crippen LogP contribution in [0.2, 0.25) is 5.02 Å². The Hall–Kier alpha value is -1.12. The number of Topliss-reactive ketones (excluding diaryl/α,β-unsaturated/α-hetero) is 1. The number of ketones is 1. The molecule has 0 unspecified atom stereocenters. The quantitative estimate of drug-likeness (QED) is 0.761. The molecule has 1 nitrogen and oxygen atoms in total. The van der Waals surface area contributed by atoms with Crippen molar-refractivity contribution in [2.45, 2.75) is 6.42 Å². The Balaban J connectivity index is 2.24. The van der Waals surface area contributed by atoms with Gasteiger partial charge in [0.2, 0.25) is 0 Å². The van der Waals surface area contributed by atoms with Gasteiger partial charge >= 0.3 is 0 Å². The van der Waals surface area contributed by atoms with E-state index in [2.05, 4.69) is 15.9 Å². The Morgan fingerprint density at radius 3 is 2.41 bits per heavy atom. The summed E-state index contributed by atoms with van der Waals surface area (Å²) >= 11 is 9.42. The van der Waals surface area contributed by atoms with Crippen LogP contribution in [0.25, 0.3) is 0 Å². The molecule has 0 N–H and O–H groups in total. The van der Waals surface area contributed by atoms with Crippen LogP contribution in [0.1, 0.15) is 15.9 Å². The van der Waals surface area contributed by atoms with E-state index in [0.717, 1.165) is 10.0 Å². The number of halogens is 2. The number of rotatable bonds is 3. The largest absolute Gasteiger partial charge is 0.294 e. The van der Waals surface area contributed by atoms with Crippen molar-refractivity contribution in [3.63, 3.8) is 0 Å². The van der Waals surface area contributed by atoms with Gasteiger partial charge in [0.25, 0.3) is 0 Å². The minimum absolute atomic E-state index is 0.0301. The Labute approximate surface area is 114 Å². The lowest BCUT2D eigenvalue weighted by Crippen LogP contribution is -2.04. The van der Waals surface area contributed by atoms with Gasteiger partial charge in [-0.25, -0.2) is 0 Å². The van der Waals surface area contributed by atoms with Gasteiger partial charge in [-0.2, -0.15) is 0 Å². The molecule has 0 saturated heterocycles. The molecule has 0 aliphatic heterocycles. The molecule has 0 atom stereocenters. The highest BCUT2D eigenvalue weighted by Gasteiger charge is 2.11. The fraction of sp³-hybridized carbons (Fsp3) is 0.0714. The van der Waals surface area contributed by atoms with Crippen LogP contribution in [0.3, 0.4) is 0 Å². The fourth-order valence-electron chi connectivity index (χ4n) is 1.60. The third kappa shape index (κ3) is 2.96. The first-order chi connectivity index (χ1) is 8.18. The number of hydrogen-bond acceptors (Lipinski definition) is 1. The van der Waals surface area contributed by atoms with E-state index in [1.807, 2.05) is 36.4 Å². The zero-order chi connectivity index (χ0) is 12.3. The van der Waals surface area contributed by atoms with Crippen LogP contribution in [-0.2, 0) is 6.42 Å². The van der Waals surface area contributed by atoms with Gasteiger partial charge in [0.15, 0.2) is 5.78 Å². The van der Waals surface area contributed by atoms with E-state index in [1.54, 1.807) is 12.1 Å². The molecule has 0 spiro atoms. The first kappa shape index (κ1) is 12.3. The van der Waals surface area contributed by atoms with Crippen LogP contribution in [0.4, 0.5) is 0 Å². The number of carbonyl (C=O) groups is 1. The van der Waals surface area contributed by atoms with Crippen molar-refractivity contribution >= 4 is 33.3 Å². The van der Waals surface area contributed by atoms with E-state index in [1.165, 1.54) is 0 Å². The van der Waals surface area contributed by atoms with Crippen LogP contribution >= 0.6 is 27.5 Å².